The fraction of sp³-hybridized carbons (Fsp3) is 0.167. The summed E-state index contributed by atoms with van der Waals surface area (Å²) in [5.74, 6) is 1.11. The van der Waals surface area contributed by atoms with Gasteiger partial charge in [-0.15, -0.1) is 0 Å². The molecule has 0 unspecified atom stereocenters. The molecule has 1 heterocycles. The van der Waals surface area contributed by atoms with Gasteiger partial charge in [-0.1, -0.05) is 26.0 Å². The van der Waals surface area contributed by atoms with Crippen molar-refractivity contribution in [3.05, 3.63) is 66.5 Å². The Hall–Kier alpha value is -2.60. The summed E-state index contributed by atoms with van der Waals surface area (Å²) in [6, 6.07) is 14.0. The molecule has 2 N–H and O–H groups in total. The highest BCUT2D eigenvalue weighted by Crippen LogP contribution is 2.22. The number of nitrogens with zero attached hydrogens (tertiary/aromatic N) is 1. The van der Waals surface area contributed by atoms with Crippen LogP contribution in [0.1, 0.15) is 25.3 Å². The van der Waals surface area contributed by atoms with E-state index in [0.717, 1.165) is 17.0 Å². The molecule has 0 amide bonds. The number of hydrogen-bond acceptors (Lipinski definition) is 3. The molecule has 0 atom stereocenters. The zero-order valence-corrected chi connectivity index (χ0v) is 14.3. The van der Waals surface area contributed by atoms with E-state index in [2.05, 4.69) is 28.5 Å². The van der Waals surface area contributed by atoms with E-state index in [-0.39, 0.29) is 4.90 Å². The molecule has 5 nitrogen and oxygen atoms in total. The van der Waals surface area contributed by atoms with Crippen molar-refractivity contribution in [3.8, 4) is 11.4 Å². The van der Waals surface area contributed by atoms with E-state index < -0.39 is 10.0 Å². The first kappa shape index (κ1) is 16.3. The van der Waals surface area contributed by atoms with Crippen molar-refractivity contribution >= 4 is 15.7 Å². The number of sulfonamides is 1. The second-order valence-corrected chi connectivity index (χ2v) is 7.53. The fourth-order valence-electron chi connectivity index (χ4n) is 2.37. The Balaban J connectivity index is 1.79. The molecule has 124 valence electrons. The molecule has 1 aromatic heterocycles. The first-order chi connectivity index (χ1) is 11.5. The number of benzene rings is 2. The molecule has 0 aliphatic rings. The van der Waals surface area contributed by atoms with Crippen molar-refractivity contribution in [2.45, 2.75) is 24.7 Å². The van der Waals surface area contributed by atoms with Crippen LogP contribution in [-0.2, 0) is 10.0 Å². The van der Waals surface area contributed by atoms with E-state index in [4.69, 9.17) is 0 Å². The Morgan fingerprint density at radius 1 is 1.00 bits per heavy atom. The normalized spacial score (nSPS) is 11.6. The standard InChI is InChI=1S/C18H19N3O2S/c1-13(2)14-5-9-17(10-6-14)24(22,23)21-16-7-3-15(4-8-16)18-19-11-12-20-18/h3-13,21H,1-2H3,(H,19,20). The van der Waals surface area contributed by atoms with Crippen molar-refractivity contribution in [2.24, 2.45) is 0 Å². The molecule has 0 bridgehead atoms. The minimum absolute atomic E-state index is 0.252. The van der Waals surface area contributed by atoms with Gasteiger partial charge in [-0.25, -0.2) is 13.4 Å². The molecule has 0 spiro atoms. The Morgan fingerprint density at radius 3 is 2.21 bits per heavy atom. The van der Waals surface area contributed by atoms with Gasteiger partial charge in [0.15, 0.2) is 0 Å². The second-order valence-electron chi connectivity index (χ2n) is 5.84. The Morgan fingerprint density at radius 2 is 1.67 bits per heavy atom. The summed E-state index contributed by atoms with van der Waals surface area (Å²) in [6.07, 6.45) is 3.42. The summed E-state index contributed by atoms with van der Waals surface area (Å²) in [4.78, 5) is 7.43. The van der Waals surface area contributed by atoms with Crippen molar-refractivity contribution in [3.63, 3.8) is 0 Å². The molecule has 0 saturated heterocycles. The summed E-state index contributed by atoms with van der Waals surface area (Å²) >= 11 is 0. The Bertz CT molecular complexity index is 898. The summed E-state index contributed by atoms with van der Waals surface area (Å²) in [5.41, 5.74) is 2.51. The molecule has 0 fully saturated rings. The zero-order chi connectivity index (χ0) is 17.2. The highest BCUT2D eigenvalue weighted by molar-refractivity contribution is 7.92. The van der Waals surface area contributed by atoms with Crippen LogP contribution in [0, 0.1) is 0 Å². The summed E-state index contributed by atoms with van der Waals surface area (Å²) < 4.78 is 27.5. The van der Waals surface area contributed by atoms with Gasteiger partial charge in [-0.3, -0.25) is 4.72 Å². The van der Waals surface area contributed by atoms with Crippen LogP contribution in [0.5, 0.6) is 0 Å². The largest absolute Gasteiger partial charge is 0.345 e. The molecular weight excluding hydrogens is 322 g/mol. The SMILES string of the molecule is CC(C)c1ccc(S(=O)(=O)Nc2ccc(-c3ncc[nH]3)cc2)cc1. The lowest BCUT2D eigenvalue weighted by Crippen LogP contribution is -2.12. The number of aromatic nitrogens is 2. The van der Waals surface area contributed by atoms with Gasteiger partial charge in [0.1, 0.15) is 5.82 Å². The topological polar surface area (TPSA) is 74.8 Å². The predicted molar refractivity (Wildman–Crippen MR) is 95.4 cm³/mol. The first-order valence-electron chi connectivity index (χ1n) is 7.68. The number of imidazole rings is 1. The predicted octanol–water partition coefficient (Wildman–Crippen LogP) is 4.00. The third-order valence-electron chi connectivity index (χ3n) is 3.77. The zero-order valence-electron chi connectivity index (χ0n) is 13.5. The average molecular weight is 341 g/mol. The second kappa shape index (κ2) is 6.49. The van der Waals surface area contributed by atoms with Gasteiger partial charge in [0.2, 0.25) is 0 Å². The van der Waals surface area contributed by atoms with Crippen molar-refractivity contribution in [1.29, 1.82) is 0 Å². The molecule has 3 aromatic rings. The maximum absolute atomic E-state index is 12.5. The molecular formula is C18H19N3O2S. The van der Waals surface area contributed by atoms with E-state index in [9.17, 15) is 8.42 Å². The lowest BCUT2D eigenvalue weighted by molar-refractivity contribution is 0.601. The Kier molecular flexibility index (Phi) is 4.40. The molecule has 0 aliphatic carbocycles. The van der Waals surface area contributed by atoms with Crippen molar-refractivity contribution in [1.82, 2.24) is 9.97 Å². The lowest BCUT2D eigenvalue weighted by Gasteiger charge is -2.10. The average Bonchev–Trinajstić information content (AvgIpc) is 3.10. The van der Waals surface area contributed by atoms with E-state index in [1.54, 1.807) is 36.7 Å². The maximum atomic E-state index is 12.5. The maximum Gasteiger partial charge on any atom is 0.261 e. The fourth-order valence-corrected chi connectivity index (χ4v) is 3.42. The minimum Gasteiger partial charge on any atom is -0.345 e. The summed E-state index contributed by atoms with van der Waals surface area (Å²) in [6.45, 7) is 4.14. The van der Waals surface area contributed by atoms with Crippen molar-refractivity contribution in [2.75, 3.05) is 4.72 Å². The van der Waals surface area contributed by atoms with E-state index >= 15 is 0 Å². The van der Waals surface area contributed by atoms with Gasteiger partial charge in [-0.2, -0.15) is 0 Å². The third-order valence-corrected chi connectivity index (χ3v) is 5.16. The van der Waals surface area contributed by atoms with E-state index in [0.29, 0.717) is 11.6 Å². The smallest absolute Gasteiger partial charge is 0.261 e. The number of hydrogen-bond donors (Lipinski definition) is 2. The third kappa shape index (κ3) is 3.49. The molecule has 3 rings (SSSR count). The summed E-state index contributed by atoms with van der Waals surface area (Å²) in [7, 11) is -3.60. The van der Waals surface area contributed by atoms with Crippen LogP contribution in [0.4, 0.5) is 5.69 Å². The van der Waals surface area contributed by atoms with Gasteiger partial charge in [0, 0.05) is 23.6 Å². The van der Waals surface area contributed by atoms with Gasteiger partial charge in [0.25, 0.3) is 10.0 Å². The van der Waals surface area contributed by atoms with Gasteiger partial charge in [0.05, 0.1) is 4.90 Å². The molecule has 6 heteroatoms. The monoisotopic (exact) mass is 341 g/mol. The van der Waals surface area contributed by atoms with Crippen LogP contribution >= 0.6 is 0 Å². The molecule has 24 heavy (non-hydrogen) atoms. The number of H-pyrrole nitrogens is 1. The van der Waals surface area contributed by atoms with Crippen LogP contribution in [0.25, 0.3) is 11.4 Å². The minimum atomic E-state index is -3.60. The van der Waals surface area contributed by atoms with Crippen LogP contribution in [0.3, 0.4) is 0 Å². The number of rotatable bonds is 5. The highest BCUT2D eigenvalue weighted by Gasteiger charge is 2.14. The van der Waals surface area contributed by atoms with E-state index in [1.165, 1.54) is 0 Å². The summed E-state index contributed by atoms with van der Waals surface area (Å²) in [5, 5.41) is 0. The van der Waals surface area contributed by atoms with Crippen molar-refractivity contribution < 1.29 is 8.42 Å². The molecule has 0 radical (unpaired) electrons. The first-order valence-corrected chi connectivity index (χ1v) is 9.16. The Labute approximate surface area is 141 Å². The van der Waals surface area contributed by atoms with Crippen LogP contribution in [0.15, 0.2) is 65.8 Å². The van der Waals surface area contributed by atoms with Crippen LogP contribution in [0.2, 0.25) is 0 Å². The lowest BCUT2D eigenvalue weighted by atomic mass is 10.0. The van der Waals surface area contributed by atoms with Gasteiger partial charge in [-0.05, 0) is 47.9 Å². The number of anilines is 1. The van der Waals surface area contributed by atoms with Crippen LogP contribution in [-0.4, -0.2) is 18.4 Å². The quantitative estimate of drug-likeness (QED) is 0.736. The molecule has 2 aromatic carbocycles. The molecule has 0 saturated carbocycles. The number of nitrogens with one attached hydrogen (secondary N) is 2. The van der Waals surface area contributed by atoms with Crippen LogP contribution < -0.4 is 4.72 Å². The van der Waals surface area contributed by atoms with Gasteiger partial charge >= 0.3 is 0 Å². The molecule has 0 aliphatic heterocycles. The highest BCUT2D eigenvalue weighted by atomic mass is 32.2. The van der Waals surface area contributed by atoms with Gasteiger partial charge < -0.3 is 4.98 Å². The number of aromatic amines is 1. The van der Waals surface area contributed by atoms with E-state index in [1.807, 2.05) is 24.3 Å².